The number of carbonyl (C=O) groups is 1. The van der Waals surface area contributed by atoms with Crippen LogP contribution in [0.5, 0.6) is 5.75 Å². The number of hydrogen-bond acceptors (Lipinski definition) is 4. The average molecular weight is 278 g/mol. The van der Waals surface area contributed by atoms with Crippen LogP contribution in [-0.2, 0) is 15.1 Å². The molecule has 0 aromatic heterocycles. The Balaban J connectivity index is 3.24. The largest absolute Gasteiger partial charge is 0.423 e. The van der Waals surface area contributed by atoms with Crippen LogP contribution in [-0.4, -0.2) is 24.8 Å². The summed E-state index contributed by atoms with van der Waals surface area (Å²) >= 11 is 0. The molecule has 0 fully saturated rings. The normalized spacial score (nSPS) is 14.8. The highest BCUT2D eigenvalue weighted by molar-refractivity contribution is 5.89. The smallest absolute Gasteiger partial charge is 0.338 e. The van der Waals surface area contributed by atoms with Crippen LogP contribution in [0.15, 0.2) is 29.8 Å². The lowest BCUT2D eigenvalue weighted by atomic mass is 9.94. The van der Waals surface area contributed by atoms with Gasteiger partial charge in [0, 0.05) is 18.2 Å². The molecule has 1 rings (SSSR count). The van der Waals surface area contributed by atoms with E-state index >= 15 is 0 Å². The van der Waals surface area contributed by atoms with E-state index in [0.717, 1.165) is 5.56 Å². The molecule has 0 aliphatic carbocycles. The molecule has 1 aromatic carbocycles. The van der Waals surface area contributed by atoms with Gasteiger partial charge in [-0.2, -0.15) is 0 Å². The van der Waals surface area contributed by atoms with Gasteiger partial charge >= 0.3 is 5.97 Å². The van der Waals surface area contributed by atoms with Gasteiger partial charge in [0.25, 0.3) is 0 Å². The monoisotopic (exact) mass is 278 g/mol. The molecule has 1 N–H and O–H groups in total. The number of aryl methyl sites for hydroxylation is 1. The fourth-order valence-corrected chi connectivity index (χ4v) is 1.71. The lowest BCUT2D eigenvalue weighted by molar-refractivity contribution is -0.130. The summed E-state index contributed by atoms with van der Waals surface area (Å²) in [5, 5.41) is 9.55. The predicted octanol–water partition coefficient (Wildman–Crippen LogP) is 2.72. The molecule has 4 heteroatoms. The third-order valence-electron chi connectivity index (χ3n) is 3.42. The number of allylic oxidation sites excluding steroid dienone is 1. The summed E-state index contributed by atoms with van der Waals surface area (Å²) in [4.78, 5) is 11.9. The second-order valence-electron chi connectivity index (χ2n) is 4.95. The number of aliphatic hydroxyl groups is 1. The van der Waals surface area contributed by atoms with Crippen molar-refractivity contribution < 1.29 is 19.4 Å². The number of hydrogen-bond donors (Lipinski definition) is 1. The van der Waals surface area contributed by atoms with Crippen LogP contribution >= 0.6 is 0 Å². The zero-order chi connectivity index (χ0) is 15.3. The summed E-state index contributed by atoms with van der Waals surface area (Å²) in [5.41, 5.74) is 1.23. The van der Waals surface area contributed by atoms with Crippen LogP contribution in [0.3, 0.4) is 0 Å². The van der Waals surface area contributed by atoms with Crippen molar-refractivity contribution in [2.24, 2.45) is 0 Å². The van der Waals surface area contributed by atoms with Crippen molar-refractivity contribution in [1.82, 2.24) is 0 Å². The molecule has 0 radical (unpaired) electrons. The van der Waals surface area contributed by atoms with Gasteiger partial charge in [0.1, 0.15) is 11.4 Å². The van der Waals surface area contributed by atoms with Crippen molar-refractivity contribution in [1.29, 1.82) is 0 Å². The molecule has 0 unspecified atom stereocenters. The third kappa shape index (κ3) is 3.46. The zero-order valence-electron chi connectivity index (χ0n) is 12.7. The molecule has 4 nitrogen and oxygen atoms in total. The highest BCUT2D eigenvalue weighted by Gasteiger charge is 2.29. The van der Waals surface area contributed by atoms with Gasteiger partial charge in [0.05, 0.1) is 6.61 Å². The first-order valence-electron chi connectivity index (χ1n) is 6.50. The highest BCUT2D eigenvalue weighted by Crippen LogP contribution is 2.33. The van der Waals surface area contributed by atoms with E-state index in [1.807, 2.05) is 19.1 Å². The van der Waals surface area contributed by atoms with E-state index in [0.29, 0.717) is 16.9 Å². The van der Waals surface area contributed by atoms with Gasteiger partial charge in [0.2, 0.25) is 0 Å². The van der Waals surface area contributed by atoms with E-state index in [4.69, 9.17) is 9.47 Å². The minimum Gasteiger partial charge on any atom is -0.423 e. The van der Waals surface area contributed by atoms with Crippen LogP contribution in [0.1, 0.15) is 31.9 Å². The summed E-state index contributed by atoms with van der Waals surface area (Å²) in [6.07, 6.45) is 1.69. The number of carbonyl (C=O) groups excluding carboxylic acids is 1. The first-order chi connectivity index (χ1) is 9.37. The van der Waals surface area contributed by atoms with Crippen molar-refractivity contribution in [3.63, 3.8) is 0 Å². The molecule has 0 saturated heterocycles. The fraction of sp³-hybridized carbons (Fsp3) is 0.438. The first kappa shape index (κ1) is 16.4. The van der Waals surface area contributed by atoms with Crippen LogP contribution in [0, 0.1) is 6.92 Å². The first-order valence-corrected chi connectivity index (χ1v) is 6.50. The number of rotatable bonds is 5. The summed E-state index contributed by atoms with van der Waals surface area (Å²) < 4.78 is 10.8. The highest BCUT2D eigenvalue weighted by atomic mass is 16.5. The lowest BCUT2D eigenvalue weighted by Gasteiger charge is -2.28. The van der Waals surface area contributed by atoms with Gasteiger partial charge in [-0.05, 0) is 39.3 Å². The lowest BCUT2D eigenvalue weighted by Crippen LogP contribution is -2.30. The Bertz CT molecular complexity index is 513. The van der Waals surface area contributed by atoms with Crippen LogP contribution in [0.2, 0.25) is 0 Å². The molecule has 0 aliphatic heterocycles. The van der Waals surface area contributed by atoms with Crippen LogP contribution in [0.25, 0.3) is 0 Å². The molecule has 0 aliphatic rings. The van der Waals surface area contributed by atoms with Gasteiger partial charge in [-0.3, -0.25) is 0 Å². The van der Waals surface area contributed by atoms with Gasteiger partial charge in [-0.1, -0.05) is 18.2 Å². The van der Waals surface area contributed by atoms with E-state index in [1.54, 1.807) is 32.9 Å². The van der Waals surface area contributed by atoms with Crippen LogP contribution in [0.4, 0.5) is 0 Å². The van der Waals surface area contributed by atoms with E-state index in [2.05, 4.69) is 0 Å². The Morgan fingerprint density at radius 3 is 2.60 bits per heavy atom. The molecule has 20 heavy (non-hydrogen) atoms. The van der Waals surface area contributed by atoms with Crippen molar-refractivity contribution in [2.75, 3.05) is 13.7 Å². The molecule has 1 aromatic rings. The molecular weight excluding hydrogens is 256 g/mol. The van der Waals surface area contributed by atoms with E-state index in [9.17, 15) is 9.90 Å². The molecule has 1 atom stereocenters. The number of aliphatic hydroxyl groups excluding tert-OH is 1. The van der Waals surface area contributed by atoms with Gasteiger partial charge < -0.3 is 14.6 Å². The maximum atomic E-state index is 11.9. The summed E-state index contributed by atoms with van der Waals surface area (Å²) in [5.74, 6) is 0.00495. The SMILES string of the molecule is CC=C(C)C(=O)Oc1cc(C)ccc1[C@@](C)(CO)OC. The minimum absolute atomic E-state index is 0.209. The van der Waals surface area contributed by atoms with Crippen molar-refractivity contribution in [2.45, 2.75) is 33.3 Å². The zero-order valence-corrected chi connectivity index (χ0v) is 12.7. The maximum absolute atomic E-state index is 11.9. The average Bonchev–Trinajstić information content (AvgIpc) is 2.45. The molecular formula is C16H22O4. The molecule has 0 amide bonds. The topological polar surface area (TPSA) is 55.8 Å². The van der Waals surface area contributed by atoms with Crippen molar-refractivity contribution in [3.05, 3.63) is 41.0 Å². The number of benzene rings is 1. The number of ether oxygens (including phenoxy) is 2. The molecule has 0 bridgehead atoms. The van der Waals surface area contributed by atoms with Gasteiger partial charge in [-0.15, -0.1) is 0 Å². The Morgan fingerprint density at radius 1 is 1.45 bits per heavy atom. The van der Waals surface area contributed by atoms with Crippen molar-refractivity contribution >= 4 is 5.97 Å². The third-order valence-corrected chi connectivity index (χ3v) is 3.42. The predicted molar refractivity (Wildman–Crippen MR) is 77.7 cm³/mol. The Kier molecular flexibility index (Phi) is 5.48. The Labute approximate surface area is 120 Å². The molecule has 0 saturated carbocycles. The number of esters is 1. The fourth-order valence-electron chi connectivity index (χ4n) is 1.71. The van der Waals surface area contributed by atoms with E-state index < -0.39 is 11.6 Å². The van der Waals surface area contributed by atoms with Gasteiger partial charge in [0.15, 0.2) is 0 Å². The van der Waals surface area contributed by atoms with E-state index in [-0.39, 0.29) is 6.61 Å². The van der Waals surface area contributed by atoms with Crippen LogP contribution < -0.4 is 4.74 Å². The van der Waals surface area contributed by atoms with Crippen molar-refractivity contribution in [3.8, 4) is 5.75 Å². The van der Waals surface area contributed by atoms with Gasteiger partial charge in [-0.25, -0.2) is 4.79 Å². The summed E-state index contributed by atoms with van der Waals surface area (Å²) in [6.45, 7) is 6.92. The maximum Gasteiger partial charge on any atom is 0.338 e. The minimum atomic E-state index is -0.910. The van der Waals surface area contributed by atoms with E-state index in [1.165, 1.54) is 7.11 Å². The Morgan fingerprint density at radius 2 is 2.10 bits per heavy atom. The molecule has 0 heterocycles. The molecule has 110 valence electrons. The second kappa shape index (κ2) is 6.68. The standard InChI is InChI=1S/C16H22O4/c1-6-12(3)15(18)20-14-9-11(2)7-8-13(14)16(4,10-17)19-5/h6-9,17H,10H2,1-5H3/t16-/m1/s1. The summed E-state index contributed by atoms with van der Waals surface area (Å²) in [6, 6.07) is 5.47. The Hall–Kier alpha value is -1.65. The quantitative estimate of drug-likeness (QED) is 0.511. The molecule has 0 spiro atoms. The second-order valence-corrected chi connectivity index (χ2v) is 4.95. The number of methoxy groups -OCH3 is 1. The summed E-state index contributed by atoms with van der Waals surface area (Å²) in [7, 11) is 1.51.